The zero-order valence-corrected chi connectivity index (χ0v) is 22.7. The van der Waals surface area contributed by atoms with Gasteiger partial charge >= 0.3 is 0 Å². The van der Waals surface area contributed by atoms with Gasteiger partial charge in [-0.15, -0.1) is 0 Å². The molecule has 32 heavy (non-hydrogen) atoms. The zero-order chi connectivity index (χ0) is 23.4. The SMILES string of the molecule is CC.CC1(C)C=CCC2(C)C1CCC1(C)C3CCC4(N)CCC[C@@H]4C3CCC12.CC1CC1. The second kappa shape index (κ2) is 8.73. The van der Waals surface area contributed by atoms with Gasteiger partial charge in [0, 0.05) is 5.54 Å². The van der Waals surface area contributed by atoms with E-state index in [0.717, 1.165) is 35.5 Å². The largest absolute Gasteiger partial charge is 0.325 e. The van der Waals surface area contributed by atoms with Crippen LogP contribution in [0.5, 0.6) is 0 Å². The fourth-order valence-electron chi connectivity index (χ4n) is 10.0. The molecule has 0 radical (unpaired) electrons. The van der Waals surface area contributed by atoms with Crippen molar-refractivity contribution in [3.8, 4) is 0 Å². The lowest BCUT2D eigenvalue weighted by Crippen LogP contribution is -2.62. The van der Waals surface area contributed by atoms with E-state index in [4.69, 9.17) is 5.73 Å². The third kappa shape index (κ3) is 3.95. The second-order valence-electron chi connectivity index (χ2n) is 13.9. The van der Waals surface area contributed by atoms with Crippen LogP contribution in [0.4, 0.5) is 0 Å². The molecule has 6 aliphatic carbocycles. The number of hydrogen-bond donors (Lipinski definition) is 1. The molecular weight excluding hydrogens is 386 g/mol. The number of fused-ring (bicyclic) bond motifs is 7. The Kier molecular flexibility index (Phi) is 6.77. The van der Waals surface area contributed by atoms with E-state index in [1.807, 2.05) is 13.8 Å². The van der Waals surface area contributed by atoms with Gasteiger partial charge in [-0.3, -0.25) is 0 Å². The molecule has 184 valence electrons. The molecule has 6 rings (SSSR count). The van der Waals surface area contributed by atoms with Crippen molar-refractivity contribution in [2.24, 2.45) is 57.5 Å². The van der Waals surface area contributed by atoms with Crippen LogP contribution in [0.1, 0.15) is 126 Å². The normalized spacial score (nSPS) is 50.3. The molecular formula is C31H55N. The maximum Gasteiger partial charge on any atom is 0.0185 e. The van der Waals surface area contributed by atoms with Gasteiger partial charge in [-0.1, -0.05) is 79.9 Å². The van der Waals surface area contributed by atoms with Gasteiger partial charge in [-0.25, -0.2) is 0 Å². The van der Waals surface area contributed by atoms with E-state index < -0.39 is 0 Å². The molecule has 0 bridgehead atoms. The van der Waals surface area contributed by atoms with Crippen LogP contribution in [0.2, 0.25) is 0 Å². The Morgan fingerprint density at radius 3 is 2.06 bits per heavy atom. The summed E-state index contributed by atoms with van der Waals surface area (Å²) in [7, 11) is 0. The third-order valence-corrected chi connectivity index (χ3v) is 11.7. The van der Waals surface area contributed by atoms with Crippen LogP contribution in [0.15, 0.2) is 12.2 Å². The van der Waals surface area contributed by atoms with Crippen LogP contribution >= 0.6 is 0 Å². The van der Waals surface area contributed by atoms with E-state index in [2.05, 4.69) is 46.8 Å². The van der Waals surface area contributed by atoms with Crippen molar-refractivity contribution in [3.63, 3.8) is 0 Å². The molecule has 5 fully saturated rings. The minimum atomic E-state index is 0.209. The molecule has 0 aromatic rings. The molecule has 8 atom stereocenters. The quantitative estimate of drug-likeness (QED) is 0.373. The summed E-state index contributed by atoms with van der Waals surface area (Å²) in [5.74, 6) is 5.61. The predicted molar refractivity (Wildman–Crippen MR) is 139 cm³/mol. The molecule has 0 saturated heterocycles. The number of hydrogen-bond acceptors (Lipinski definition) is 1. The summed E-state index contributed by atoms with van der Waals surface area (Å²) in [6.07, 6.45) is 22.1. The topological polar surface area (TPSA) is 26.0 Å². The van der Waals surface area contributed by atoms with Crippen LogP contribution < -0.4 is 5.73 Å². The van der Waals surface area contributed by atoms with Crippen molar-refractivity contribution in [2.45, 2.75) is 131 Å². The third-order valence-electron chi connectivity index (χ3n) is 11.7. The van der Waals surface area contributed by atoms with Crippen molar-refractivity contribution in [1.82, 2.24) is 0 Å². The first kappa shape index (κ1) is 24.8. The minimum absolute atomic E-state index is 0.209. The Morgan fingerprint density at radius 2 is 1.41 bits per heavy atom. The summed E-state index contributed by atoms with van der Waals surface area (Å²) >= 11 is 0. The average Bonchev–Trinajstić information content (AvgIpc) is 3.41. The van der Waals surface area contributed by atoms with Crippen LogP contribution in [0, 0.1) is 51.8 Å². The van der Waals surface area contributed by atoms with Crippen molar-refractivity contribution in [1.29, 1.82) is 0 Å². The first-order valence-corrected chi connectivity index (χ1v) is 14.6. The van der Waals surface area contributed by atoms with Gasteiger partial charge in [0.05, 0.1) is 0 Å². The van der Waals surface area contributed by atoms with E-state index in [0.29, 0.717) is 16.2 Å². The van der Waals surface area contributed by atoms with Gasteiger partial charge in [0.1, 0.15) is 0 Å². The number of allylic oxidation sites excluding steroid dienone is 2. The second-order valence-corrected chi connectivity index (χ2v) is 13.9. The lowest BCUT2D eigenvalue weighted by atomic mass is 9.37. The number of nitrogens with two attached hydrogens (primary N) is 1. The van der Waals surface area contributed by atoms with Crippen molar-refractivity contribution >= 4 is 0 Å². The van der Waals surface area contributed by atoms with Crippen LogP contribution in [0.25, 0.3) is 0 Å². The highest BCUT2D eigenvalue weighted by atomic mass is 14.8. The number of rotatable bonds is 0. The average molecular weight is 442 g/mol. The maximum absolute atomic E-state index is 6.94. The molecule has 0 aromatic carbocycles. The molecule has 5 saturated carbocycles. The Hall–Kier alpha value is -0.300. The van der Waals surface area contributed by atoms with Crippen molar-refractivity contribution in [3.05, 3.63) is 12.2 Å². The predicted octanol–water partition coefficient (Wildman–Crippen LogP) is 8.77. The highest BCUT2D eigenvalue weighted by molar-refractivity contribution is 5.19. The summed E-state index contributed by atoms with van der Waals surface area (Å²) in [5.41, 5.74) is 8.62. The fourth-order valence-corrected chi connectivity index (χ4v) is 10.0. The van der Waals surface area contributed by atoms with Crippen LogP contribution in [-0.4, -0.2) is 5.54 Å². The Morgan fingerprint density at radius 1 is 0.719 bits per heavy atom. The van der Waals surface area contributed by atoms with Gasteiger partial charge in [-0.05, 0) is 110 Å². The molecule has 7 unspecified atom stereocenters. The van der Waals surface area contributed by atoms with E-state index in [9.17, 15) is 0 Å². The summed E-state index contributed by atoms with van der Waals surface area (Å²) in [6.45, 7) is 16.7. The molecule has 0 aromatic heterocycles. The van der Waals surface area contributed by atoms with Gasteiger partial charge in [0.2, 0.25) is 0 Å². The first-order valence-electron chi connectivity index (χ1n) is 14.6. The van der Waals surface area contributed by atoms with Gasteiger partial charge in [0.15, 0.2) is 0 Å². The minimum Gasteiger partial charge on any atom is -0.325 e. The lowest BCUT2D eigenvalue weighted by molar-refractivity contribution is -0.172. The smallest absolute Gasteiger partial charge is 0.0185 e. The molecule has 0 spiro atoms. The molecule has 2 N–H and O–H groups in total. The van der Waals surface area contributed by atoms with Gasteiger partial charge in [0.25, 0.3) is 0 Å². The summed E-state index contributed by atoms with van der Waals surface area (Å²) < 4.78 is 0. The van der Waals surface area contributed by atoms with Crippen LogP contribution in [0.3, 0.4) is 0 Å². The molecule has 6 aliphatic rings. The molecule has 0 amide bonds. The maximum atomic E-state index is 6.94. The summed E-state index contributed by atoms with van der Waals surface area (Å²) in [6, 6.07) is 0. The summed E-state index contributed by atoms with van der Waals surface area (Å²) in [4.78, 5) is 0. The van der Waals surface area contributed by atoms with E-state index in [1.165, 1.54) is 77.0 Å². The molecule has 0 heterocycles. The van der Waals surface area contributed by atoms with Gasteiger partial charge in [-0.2, -0.15) is 0 Å². The lowest BCUT2D eigenvalue weighted by Gasteiger charge is -2.67. The monoisotopic (exact) mass is 441 g/mol. The van der Waals surface area contributed by atoms with E-state index in [1.54, 1.807) is 0 Å². The first-order chi connectivity index (χ1) is 15.1. The van der Waals surface area contributed by atoms with E-state index >= 15 is 0 Å². The van der Waals surface area contributed by atoms with Gasteiger partial charge < -0.3 is 5.73 Å². The zero-order valence-electron chi connectivity index (χ0n) is 22.7. The Balaban J connectivity index is 0.000000362. The van der Waals surface area contributed by atoms with Crippen molar-refractivity contribution < 1.29 is 0 Å². The summed E-state index contributed by atoms with van der Waals surface area (Å²) in [5, 5.41) is 0. The molecule has 1 heteroatoms. The van der Waals surface area contributed by atoms with Crippen molar-refractivity contribution in [2.75, 3.05) is 0 Å². The fraction of sp³-hybridized carbons (Fsp3) is 0.935. The Labute approximate surface area is 200 Å². The van der Waals surface area contributed by atoms with Crippen LogP contribution in [-0.2, 0) is 0 Å². The Bertz CT molecular complexity index is 689. The molecule has 0 aliphatic heterocycles. The molecule has 1 nitrogen and oxygen atoms in total. The standard InChI is InChI=1S/C25H41N.C4H8.C2H6/c1-22(2)12-6-13-24(4)20(22)11-15-23(3)18-10-16-25(26)14-5-7-19(25)17(18)8-9-21(23)24;1-4-2-3-4;1-2/h6,12,17-21H,5,7-11,13-16,26H2,1-4H3;4H,2-3H2,1H3;1-2H3/t17?,18?,19-,20?,21?,23?,24?,25?;;/m1../s1. The highest BCUT2D eigenvalue weighted by Gasteiger charge is 2.64. The highest BCUT2D eigenvalue weighted by Crippen LogP contribution is 2.71. The van der Waals surface area contributed by atoms with E-state index in [-0.39, 0.29) is 5.54 Å².